The molecule has 0 fully saturated rings. The number of hydrogen-bond donors (Lipinski definition) is 1. The molecule has 1 atom stereocenters. The number of unbranched alkanes of at least 4 members (excludes halogenated alkanes) is 20. The van der Waals surface area contributed by atoms with E-state index in [9.17, 15) is 14.7 Å². The Labute approximate surface area is 261 Å². The van der Waals surface area contributed by atoms with Crippen LogP contribution >= 0.6 is 0 Å². The molecule has 42 heavy (non-hydrogen) atoms. The van der Waals surface area contributed by atoms with Gasteiger partial charge in [-0.05, 0) is 24.7 Å². The fraction of sp³-hybridized carbons (Fsp3) is 0.946. The van der Waals surface area contributed by atoms with Gasteiger partial charge in [0.15, 0.2) is 0 Å². The largest absolute Gasteiger partial charge is 0.463 e. The molecule has 0 aliphatic carbocycles. The molecule has 0 amide bonds. The third kappa shape index (κ3) is 33.4. The molecule has 0 spiro atoms. The summed E-state index contributed by atoms with van der Waals surface area (Å²) in [4.78, 5) is 23.8. The van der Waals surface area contributed by atoms with E-state index in [-0.39, 0.29) is 25.2 Å². The van der Waals surface area contributed by atoms with E-state index in [1.807, 2.05) is 0 Å². The summed E-state index contributed by atoms with van der Waals surface area (Å²) >= 11 is 0. The van der Waals surface area contributed by atoms with Crippen LogP contribution in [0.3, 0.4) is 0 Å². The molecule has 0 aromatic heterocycles. The third-order valence-electron chi connectivity index (χ3n) is 8.20. The fourth-order valence-electron chi connectivity index (χ4n) is 5.40. The molecule has 0 radical (unpaired) electrons. The summed E-state index contributed by atoms with van der Waals surface area (Å²) in [6, 6.07) is 0. The summed E-state index contributed by atoms with van der Waals surface area (Å²) in [5, 5.41) is 9.96. The van der Waals surface area contributed by atoms with Gasteiger partial charge in [0.05, 0.1) is 0 Å². The van der Waals surface area contributed by atoms with E-state index in [0.29, 0.717) is 12.8 Å². The van der Waals surface area contributed by atoms with E-state index >= 15 is 0 Å². The fourth-order valence-corrected chi connectivity index (χ4v) is 5.40. The molecule has 5 nitrogen and oxygen atoms in total. The van der Waals surface area contributed by atoms with Crippen molar-refractivity contribution in [2.75, 3.05) is 13.2 Å². The smallest absolute Gasteiger partial charge is 0.305 e. The number of hydrogen-bond acceptors (Lipinski definition) is 5. The van der Waals surface area contributed by atoms with Gasteiger partial charge in [-0.1, -0.05) is 169 Å². The van der Waals surface area contributed by atoms with E-state index in [1.54, 1.807) is 0 Å². The Morgan fingerprint density at radius 3 is 0.929 bits per heavy atom. The first-order chi connectivity index (χ1) is 20.3. The van der Waals surface area contributed by atoms with E-state index in [1.165, 1.54) is 122 Å². The lowest BCUT2D eigenvalue weighted by Gasteiger charge is -2.12. The Bertz CT molecular complexity index is 589. The zero-order valence-corrected chi connectivity index (χ0v) is 28.6. The molecule has 0 bridgehead atoms. The molecule has 0 rings (SSSR count). The molecule has 0 aliphatic rings. The second-order valence-corrected chi connectivity index (χ2v) is 13.7. The minimum absolute atomic E-state index is 0.110. The number of carbonyl (C=O) groups is 2. The van der Waals surface area contributed by atoms with Gasteiger partial charge in [0.2, 0.25) is 0 Å². The summed E-state index contributed by atoms with van der Waals surface area (Å²) in [6.45, 7) is 8.94. The minimum atomic E-state index is -0.955. The van der Waals surface area contributed by atoms with Crippen LogP contribution < -0.4 is 0 Å². The lowest BCUT2D eigenvalue weighted by Crippen LogP contribution is -2.25. The van der Waals surface area contributed by atoms with E-state index in [4.69, 9.17) is 9.47 Å². The van der Waals surface area contributed by atoms with Gasteiger partial charge < -0.3 is 14.6 Å². The molecule has 0 aromatic carbocycles. The molecule has 0 unspecified atom stereocenters. The van der Waals surface area contributed by atoms with Crippen LogP contribution in [0.2, 0.25) is 0 Å². The maximum atomic E-state index is 11.9. The van der Waals surface area contributed by atoms with Crippen LogP contribution in [0.4, 0.5) is 0 Å². The Kier molecular flexibility index (Phi) is 30.5. The van der Waals surface area contributed by atoms with Crippen molar-refractivity contribution in [3.8, 4) is 0 Å². The average Bonchev–Trinajstić information content (AvgIpc) is 2.95. The lowest BCUT2D eigenvalue weighted by molar-refractivity contribution is -0.152. The first-order valence-electron chi connectivity index (χ1n) is 18.3. The van der Waals surface area contributed by atoms with Gasteiger partial charge in [0.25, 0.3) is 0 Å². The number of rotatable bonds is 32. The maximum Gasteiger partial charge on any atom is 0.305 e. The van der Waals surface area contributed by atoms with Gasteiger partial charge in [-0.3, -0.25) is 9.59 Å². The molecule has 0 aliphatic heterocycles. The van der Waals surface area contributed by atoms with Crippen LogP contribution in [0, 0.1) is 11.8 Å². The monoisotopic (exact) mass is 597 g/mol. The lowest BCUT2D eigenvalue weighted by atomic mass is 10.0. The molecular formula is C37H72O5. The van der Waals surface area contributed by atoms with Crippen LogP contribution in [-0.4, -0.2) is 36.4 Å². The second-order valence-electron chi connectivity index (χ2n) is 13.7. The molecule has 0 saturated heterocycles. The number of aliphatic hydroxyl groups excluding tert-OH is 1. The number of aliphatic hydroxyl groups is 1. The second kappa shape index (κ2) is 31.3. The predicted molar refractivity (Wildman–Crippen MR) is 178 cm³/mol. The Hall–Kier alpha value is -1.10. The summed E-state index contributed by atoms with van der Waals surface area (Å²) in [5.74, 6) is 1.08. The zero-order chi connectivity index (χ0) is 31.1. The Morgan fingerprint density at radius 1 is 0.429 bits per heavy atom. The van der Waals surface area contributed by atoms with Crippen LogP contribution in [0.1, 0.15) is 195 Å². The summed E-state index contributed by atoms with van der Waals surface area (Å²) in [5.41, 5.74) is 0. The Morgan fingerprint density at radius 2 is 0.667 bits per heavy atom. The average molecular weight is 597 g/mol. The molecule has 0 saturated carbocycles. The van der Waals surface area contributed by atoms with Gasteiger partial charge in [-0.15, -0.1) is 0 Å². The first kappa shape index (κ1) is 40.9. The van der Waals surface area contributed by atoms with E-state index in [0.717, 1.165) is 43.9 Å². The van der Waals surface area contributed by atoms with Gasteiger partial charge >= 0.3 is 11.9 Å². The topological polar surface area (TPSA) is 72.8 Å². The van der Waals surface area contributed by atoms with Crippen molar-refractivity contribution in [1.29, 1.82) is 0 Å². The molecule has 0 aromatic rings. The van der Waals surface area contributed by atoms with Crippen LogP contribution in [-0.2, 0) is 19.1 Å². The normalized spacial score (nSPS) is 12.3. The number of esters is 2. The quantitative estimate of drug-likeness (QED) is 0.0617. The third-order valence-corrected chi connectivity index (χ3v) is 8.20. The zero-order valence-electron chi connectivity index (χ0n) is 28.6. The summed E-state index contributed by atoms with van der Waals surface area (Å²) in [7, 11) is 0. The van der Waals surface area contributed by atoms with Crippen molar-refractivity contribution in [2.45, 2.75) is 201 Å². The highest BCUT2D eigenvalue weighted by atomic mass is 16.6. The Balaban J connectivity index is 3.37. The van der Waals surface area contributed by atoms with Gasteiger partial charge in [0, 0.05) is 12.8 Å². The minimum Gasteiger partial charge on any atom is -0.463 e. The summed E-state index contributed by atoms with van der Waals surface area (Å²) in [6.07, 6.45) is 30.3. The van der Waals surface area contributed by atoms with Crippen molar-refractivity contribution >= 4 is 11.9 Å². The highest BCUT2D eigenvalue weighted by Crippen LogP contribution is 2.16. The van der Waals surface area contributed by atoms with Crippen molar-refractivity contribution in [1.82, 2.24) is 0 Å². The van der Waals surface area contributed by atoms with Crippen molar-refractivity contribution in [2.24, 2.45) is 11.8 Å². The maximum absolute atomic E-state index is 11.9. The first-order valence-corrected chi connectivity index (χ1v) is 18.3. The molecule has 5 heteroatoms. The van der Waals surface area contributed by atoms with Crippen LogP contribution in [0.5, 0.6) is 0 Å². The van der Waals surface area contributed by atoms with Gasteiger partial charge in [0.1, 0.15) is 19.3 Å². The molecule has 0 heterocycles. The standard InChI is InChI=1S/C37H72O5/c1-33(2)27-23-19-15-13-11-9-7-5-6-8-10-12-14-16-21-25-29-36(39)41-31-35(38)32-42-37(40)30-26-22-18-17-20-24-28-34(3)4/h33-35,38H,5-32H2,1-4H3/t35-/m0/s1. The van der Waals surface area contributed by atoms with Gasteiger partial charge in [-0.25, -0.2) is 0 Å². The van der Waals surface area contributed by atoms with Crippen molar-refractivity contribution in [3.63, 3.8) is 0 Å². The highest BCUT2D eigenvalue weighted by Gasteiger charge is 2.12. The molecule has 1 N–H and O–H groups in total. The number of ether oxygens (including phenoxy) is 2. The highest BCUT2D eigenvalue weighted by molar-refractivity contribution is 5.69. The molecular weight excluding hydrogens is 524 g/mol. The SMILES string of the molecule is CC(C)CCCCCCCCCCCCCCCCCCC(=O)OC[C@H](O)COC(=O)CCCCCCCCC(C)C. The van der Waals surface area contributed by atoms with Crippen molar-refractivity contribution in [3.05, 3.63) is 0 Å². The number of carbonyl (C=O) groups excluding carboxylic acids is 2. The van der Waals surface area contributed by atoms with E-state index < -0.39 is 6.10 Å². The van der Waals surface area contributed by atoms with Crippen molar-refractivity contribution < 1.29 is 24.2 Å². The van der Waals surface area contributed by atoms with Crippen LogP contribution in [0.25, 0.3) is 0 Å². The van der Waals surface area contributed by atoms with Gasteiger partial charge in [-0.2, -0.15) is 0 Å². The predicted octanol–water partition coefficient (Wildman–Crippen LogP) is 10.9. The van der Waals surface area contributed by atoms with Crippen LogP contribution in [0.15, 0.2) is 0 Å². The van der Waals surface area contributed by atoms with E-state index in [2.05, 4.69) is 27.7 Å². The summed E-state index contributed by atoms with van der Waals surface area (Å²) < 4.78 is 10.3. The molecule has 250 valence electrons.